The van der Waals surface area contributed by atoms with E-state index in [1.54, 1.807) is 0 Å². The van der Waals surface area contributed by atoms with Gasteiger partial charge in [0.2, 0.25) is 0 Å². The molecule has 0 fully saturated rings. The average molecular weight is 626 g/mol. The summed E-state index contributed by atoms with van der Waals surface area (Å²) in [4.78, 5) is 10.7. The zero-order chi connectivity index (χ0) is 30.5. The fraction of sp³-hybridized carbons (Fsp3) is 0.0750. The lowest BCUT2D eigenvalue weighted by Crippen LogP contribution is -2.60. The first-order valence-electron chi connectivity index (χ1n) is 15.8. The first-order valence-corrected chi connectivity index (χ1v) is 19.5. The van der Waals surface area contributed by atoms with Crippen LogP contribution in [-0.4, -0.2) is 35.0 Å². The minimum Gasteiger partial charge on any atom is -0.309 e. The highest BCUT2D eigenvalue weighted by atomic mass is 32.3. The molecule has 0 amide bonds. The molecule has 8 aromatic rings. The van der Waals surface area contributed by atoms with Crippen molar-refractivity contribution < 1.29 is 0 Å². The zero-order valence-corrected chi connectivity index (χ0v) is 27.3. The van der Waals surface area contributed by atoms with E-state index >= 15 is 0 Å². The average Bonchev–Trinajstić information content (AvgIpc) is 3.41. The summed E-state index contributed by atoms with van der Waals surface area (Å²) in [5.41, 5.74) is 13.0. The second-order valence-electron chi connectivity index (χ2n) is 13.5. The number of benzene rings is 6. The molecule has 0 N–H and O–H groups in total. The number of hydrogen-bond acceptors (Lipinski definition) is 3. The highest BCUT2D eigenvalue weighted by Gasteiger charge is 2.45. The molecule has 46 heavy (non-hydrogen) atoms. The van der Waals surface area contributed by atoms with Crippen molar-refractivity contribution in [2.24, 2.45) is 0 Å². The third kappa shape index (κ3) is 3.02. The lowest BCUT2D eigenvalue weighted by atomic mass is 9.33. The second kappa shape index (κ2) is 8.58. The molecule has 0 saturated heterocycles. The molecule has 218 valence electrons. The Balaban J connectivity index is 1.46. The number of rotatable bonds is 1. The van der Waals surface area contributed by atoms with Gasteiger partial charge >= 0.3 is 0 Å². The van der Waals surface area contributed by atoms with E-state index in [2.05, 4.69) is 143 Å². The smallest absolute Gasteiger partial charge is 0.252 e. The number of anilines is 3. The van der Waals surface area contributed by atoms with Crippen LogP contribution in [0.25, 0.3) is 49.2 Å². The van der Waals surface area contributed by atoms with Crippen LogP contribution in [0.2, 0.25) is 0 Å². The van der Waals surface area contributed by atoms with Crippen molar-refractivity contribution in [3.05, 3.63) is 115 Å². The van der Waals surface area contributed by atoms with Crippen LogP contribution in [0.1, 0.15) is 0 Å². The molecular formula is C40H28BN3S2. The van der Waals surface area contributed by atoms with Crippen LogP contribution in [0, 0.1) is 0 Å². The van der Waals surface area contributed by atoms with Gasteiger partial charge in [-0.05, 0) is 76.9 Å². The van der Waals surface area contributed by atoms with E-state index in [1.807, 2.05) is 11.8 Å². The fourth-order valence-corrected chi connectivity index (χ4v) is 10.8. The molecule has 0 bridgehead atoms. The number of aromatic nitrogens is 2. The Morgan fingerprint density at radius 1 is 0.630 bits per heavy atom. The van der Waals surface area contributed by atoms with E-state index in [0.29, 0.717) is 0 Å². The molecule has 0 radical (unpaired) electrons. The summed E-state index contributed by atoms with van der Waals surface area (Å²) in [6.45, 7) is 0.112. The molecule has 3 nitrogen and oxygen atoms in total. The molecule has 2 aromatic heterocycles. The van der Waals surface area contributed by atoms with Crippen LogP contribution in [0.15, 0.2) is 130 Å². The summed E-state index contributed by atoms with van der Waals surface area (Å²) < 4.78 is 2.61. The predicted octanol–water partition coefficient (Wildman–Crippen LogP) is 8.62. The van der Waals surface area contributed by atoms with E-state index < -0.39 is 10.0 Å². The first kappa shape index (κ1) is 25.5. The molecule has 0 unspecified atom stereocenters. The van der Waals surface area contributed by atoms with Gasteiger partial charge in [-0.2, -0.15) is 0 Å². The Bertz CT molecular complexity index is 2690. The van der Waals surface area contributed by atoms with Crippen LogP contribution in [-0.2, 0) is 0 Å². The lowest BCUT2D eigenvalue weighted by molar-refractivity contribution is 1.14. The molecule has 6 heteroatoms. The minimum absolute atomic E-state index is 0.112. The Hall–Kier alpha value is -4.65. The molecule has 0 aliphatic carbocycles. The molecule has 3 aliphatic heterocycles. The largest absolute Gasteiger partial charge is 0.309 e. The Kier molecular flexibility index (Phi) is 4.76. The van der Waals surface area contributed by atoms with Crippen LogP contribution < -0.4 is 21.3 Å². The number of hydrogen-bond donors (Lipinski definition) is 0. The van der Waals surface area contributed by atoms with Gasteiger partial charge in [0.1, 0.15) is 0 Å². The van der Waals surface area contributed by atoms with Gasteiger partial charge in [-0.3, -0.25) is 0 Å². The van der Waals surface area contributed by atoms with E-state index in [4.69, 9.17) is 4.98 Å². The maximum absolute atomic E-state index is 5.52. The van der Waals surface area contributed by atoms with Gasteiger partial charge in [0, 0.05) is 42.5 Å². The summed E-state index contributed by atoms with van der Waals surface area (Å²) in [6.07, 6.45) is 7.19. The molecule has 3 aliphatic rings. The van der Waals surface area contributed by atoms with Crippen molar-refractivity contribution in [3.63, 3.8) is 0 Å². The predicted molar refractivity (Wildman–Crippen MR) is 201 cm³/mol. The molecule has 0 saturated carbocycles. The SMILES string of the molecule is CS(C)(C)c1nc2ccccc2c2cc3c4c(c12)-n1c2ccccc2c2cccc(c21)B4c1cccc2c1N3c1ccccc1S2. The normalized spacial score (nSPS) is 14.6. The van der Waals surface area contributed by atoms with Crippen LogP contribution in [0.5, 0.6) is 0 Å². The van der Waals surface area contributed by atoms with Crippen LogP contribution >= 0.6 is 21.8 Å². The number of para-hydroxylation sites is 5. The number of pyridine rings is 1. The van der Waals surface area contributed by atoms with E-state index in [0.717, 1.165) is 5.52 Å². The van der Waals surface area contributed by atoms with E-state index in [1.165, 1.54) is 91.9 Å². The lowest BCUT2D eigenvalue weighted by Gasteiger charge is -2.44. The van der Waals surface area contributed by atoms with Crippen molar-refractivity contribution in [1.29, 1.82) is 0 Å². The quantitative estimate of drug-likeness (QED) is 0.135. The summed E-state index contributed by atoms with van der Waals surface area (Å²) >= 11 is 1.90. The van der Waals surface area contributed by atoms with E-state index in [-0.39, 0.29) is 6.71 Å². The summed E-state index contributed by atoms with van der Waals surface area (Å²) in [5, 5.41) is 7.67. The monoisotopic (exact) mass is 625 g/mol. The van der Waals surface area contributed by atoms with Crippen molar-refractivity contribution in [2.45, 2.75) is 14.8 Å². The molecular weight excluding hydrogens is 597 g/mol. The van der Waals surface area contributed by atoms with Gasteiger partial charge in [-0.1, -0.05) is 90.6 Å². The third-order valence-corrected chi connectivity index (χ3v) is 12.8. The highest BCUT2D eigenvalue weighted by Crippen LogP contribution is 2.56. The Labute approximate surface area is 273 Å². The highest BCUT2D eigenvalue weighted by molar-refractivity contribution is 8.32. The molecule has 0 atom stereocenters. The third-order valence-electron chi connectivity index (χ3n) is 10.2. The van der Waals surface area contributed by atoms with Crippen molar-refractivity contribution >= 4 is 105 Å². The Morgan fingerprint density at radius 2 is 1.35 bits per heavy atom. The fourth-order valence-electron chi connectivity index (χ4n) is 8.51. The minimum atomic E-state index is -1.22. The summed E-state index contributed by atoms with van der Waals surface area (Å²) in [5.74, 6) is 0. The molecule has 5 heterocycles. The first-order chi connectivity index (χ1) is 22.5. The maximum atomic E-state index is 5.52. The van der Waals surface area contributed by atoms with E-state index in [9.17, 15) is 0 Å². The van der Waals surface area contributed by atoms with Crippen LogP contribution in [0.4, 0.5) is 17.1 Å². The summed E-state index contributed by atoms with van der Waals surface area (Å²) in [6, 6.07) is 43.1. The molecule has 11 rings (SSSR count). The molecule has 6 aromatic carbocycles. The van der Waals surface area contributed by atoms with Gasteiger partial charge < -0.3 is 9.47 Å². The van der Waals surface area contributed by atoms with Crippen LogP contribution in [0.3, 0.4) is 0 Å². The molecule has 0 spiro atoms. The van der Waals surface area contributed by atoms with Gasteiger partial charge in [0.25, 0.3) is 6.71 Å². The topological polar surface area (TPSA) is 21.1 Å². The van der Waals surface area contributed by atoms with Crippen molar-refractivity contribution in [3.8, 4) is 5.69 Å². The van der Waals surface area contributed by atoms with Gasteiger partial charge in [0.15, 0.2) is 0 Å². The standard InChI is InChI=1S/C40H28BN3S2/c1-46(2,3)40-35-26(23-12-4-6-17-29(23)42-40)22-32-36-39(35)44-30-18-7-5-13-24(30)25-14-10-15-27(37(25)44)41(36)28-16-11-21-34-38(28)43(32)31-19-8-9-20-33(31)45-34/h4-22H,1-3H3. The Morgan fingerprint density at radius 3 is 2.24 bits per heavy atom. The zero-order valence-electron chi connectivity index (χ0n) is 25.7. The number of fused-ring (bicyclic) bond motifs is 13. The summed E-state index contributed by atoms with van der Waals surface area (Å²) in [7, 11) is -1.22. The van der Waals surface area contributed by atoms with Gasteiger partial charge in [-0.15, -0.1) is 0 Å². The van der Waals surface area contributed by atoms with Crippen molar-refractivity contribution in [1.82, 2.24) is 9.55 Å². The van der Waals surface area contributed by atoms with Crippen molar-refractivity contribution in [2.75, 3.05) is 23.7 Å². The maximum Gasteiger partial charge on any atom is 0.252 e. The van der Waals surface area contributed by atoms with Gasteiger partial charge in [0.05, 0.1) is 33.1 Å². The van der Waals surface area contributed by atoms with Gasteiger partial charge in [-0.25, -0.2) is 15.0 Å². The second-order valence-corrected chi connectivity index (χ2v) is 18.6. The number of nitrogens with zero attached hydrogens (tertiary/aromatic N) is 3.